The normalized spacial score (nSPS) is 10.7. The maximum absolute atomic E-state index is 2.40. The van der Waals surface area contributed by atoms with Crippen molar-refractivity contribution >= 4 is 73.2 Å². The van der Waals surface area contributed by atoms with E-state index in [4.69, 9.17) is 0 Å². The summed E-state index contributed by atoms with van der Waals surface area (Å²) in [5, 5.41) is 2.66. The Morgan fingerprint density at radius 3 is 1.62 bits per heavy atom. The molecule has 0 saturated carbocycles. The first-order valence-electron chi connectivity index (χ1n) is 6.93. The molecule has 0 aliphatic heterocycles. The fourth-order valence-corrected chi connectivity index (χ4v) is 2.94. The van der Waals surface area contributed by atoms with Gasteiger partial charge in [0.25, 0.3) is 0 Å². The Hall–Kier alpha value is -0.904. The molecule has 0 fully saturated rings. The molecule has 4 aromatic rings. The molecule has 1 heterocycles. The van der Waals surface area contributed by atoms with Crippen LogP contribution in [0.25, 0.3) is 21.8 Å². The van der Waals surface area contributed by atoms with Gasteiger partial charge in [0.1, 0.15) is 0 Å². The van der Waals surface area contributed by atoms with Crippen LogP contribution in [0.4, 0.5) is 0 Å². The van der Waals surface area contributed by atoms with Gasteiger partial charge >= 0.3 is 51.4 Å². The van der Waals surface area contributed by atoms with Gasteiger partial charge in [-0.3, -0.25) is 0 Å². The van der Waals surface area contributed by atoms with E-state index >= 15 is 0 Å². The minimum Gasteiger partial charge on any atom is -0.336 e. The third-order valence-electron chi connectivity index (χ3n) is 3.86. The molecule has 1 aromatic heterocycles. The zero-order valence-electron chi connectivity index (χ0n) is 11.2. The minimum atomic E-state index is 0. The number of para-hydroxylation sites is 2. The van der Waals surface area contributed by atoms with Gasteiger partial charge in [-0.15, -0.1) is 0 Å². The smallest absolute Gasteiger partial charge is 0.0494 e. The van der Waals surface area contributed by atoms with Crippen molar-refractivity contribution in [2.45, 2.75) is 6.54 Å². The number of hydrogen-bond donors (Lipinski definition) is 0. The largest absolute Gasteiger partial charge is 0.336 e. The van der Waals surface area contributed by atoms with Crippen LogP contribution >= 0.6 is 0 Å². The summed E-state index contributed by atoms with van der Waals surface area (Å²) in [6, 6.07) is 27.9. The summed E-state index contributed by atoms with van der Waals surface area (Å²) in [5.74, 6) is 0. The molecule has 2 heteroatoms. The number of nitrogens with zero attached hydrogens (tertiary/aromatic N) is 1. The van der Waals surface area contributed by atoms with Crippen molar-refractivity contribution in [3.63, 3.8) is 0 Å². The van der Waals surface area contributed by atoms with Crippen LogP contribution in [0.1, 0.15) is 5.56 Å². The van der Waals surface area contributed by atoms with Crippen molar-refractivity contribution in [3.05, 3.63) is 84.4 Å². The van der Waals surface area contributed by atoms with Crippen LogP contribution in [-0.2, 0) is 6.54 Å². The molecule has 4 rings (SSSR count). The zero-order chi connectivity index (χ0) is 13.4. The van der Waals surface area contributed by atoms with Gasteiger partial charge in [-0.1, -0.05) is 66.7 Å². The van der Waals surface area contributed by atoms with Crippen molar-refractivity contribution in [2.24, 2.45) is 0 Å². The molecular weight excluding hydrogens is 281 g/mol. The molecule has 0 atom stereocenters. The first kappa shape index (κ1) is 15.0. The molecule has 0 bridgehead atoms. The summed E-state index contributed by atoms with van der Waals surface area (Å²) >= 11 is 0. The van der Waals surface area contributed by atoms with Gasteiger partial charge in [-0.25, -0.2) is 0 Å². The Morgan fingerprint density at radius 2 is 1.05 bits per heavy atom. The second-order valence-corrected chi connectivity index (χ2v) is 5.11. The van der Waals surface area contributed by atoms with Crippen LogP contribution in [0, 0.1) is 0 Å². The standard InChI is InChI=1S/C19H15N.K.H/c1-2-8-15(9-3-1)14-20-18-12-6-4-10-16(18)17-11-5-7-13-19(17)20;;/h1-13H,14H2;;. The number of fused-ring (bicyclic) bond motifs is 3. The SMILES string of the molecule is [KH].c1ccc(Cn2c3ccccc3c3ccccc32)cc1. The molecule has 0 saturated heterocycles. The Morgan fingerprint density at radius 1 is 0.571 bits per heavy atom. The molecule has 3 aromatic carbocycles. The fourth-order valence-electron chi connectivity index (χ4n) is 2.94. The van der Waals surface area contributed by atoms with Crippen LogP contribution in [0.3, 0.4) is 0 Å². The summed E-state index contributed by atoms with van der Waals surface area (Å²) in [7, 11) is 0. The summed E-state index contributed by atoms with van der Waals surface area (Å²) in [5.41, 5.74) is 3.94. The molecule has 21 heavy (non-hydrogen) atoms. The Balaban J connectivity index is 0.00000132. The molecule has 0 unspecified atom stereocenters. The van der Waals surface area contributed by atoms with Crippen molar-refractivity contribution in [1.29, 1.82) is 0 Å². The molecule has 0 radical (unpaired) electrons. The van der Waals surface area contributed by atoms with E-state index in [-0.39, 0.29) is 51.4 Å². The van der Waals surface area contributed by atoms with Gasteiger partial charge in [0.05, 0.1) is 0 Å². The fraction of sp³-hybridized carbons (Fsp3) is 0.0526. The van der Waals surface area contributed by atoms with Crippen molar-refractivity contribution in [3.8, 4) is 0 Å². The zero-order valence-corrected chi connectivity index (χ0v) is 11.2. The second-order valence-electron chi connectivity index (χ2n) is 5.11. The Labute approximate surface area is 167 Å². The predicted molar refractivity (Wildman–Crippen MR) is 92.1 cm³/mol. The topological polar surface area (TPSA) is 4.93 Å². The third-order valence-corrected chi connectivity index (χ3v) is 3.86. The molecule has 98 valence electrons. The van der Waals surface area contributed by atoms with Gasteiger partial charge in [0.15, 0.2) is 0 Å². The van der Waals surface area contributed by atoms with E-state index in [1.807, 2.05) is 0 Å². The molecule has 0 aliphatic carbocycles. The van der Waals surface area contributed by atoms with Crippen LogP contribution in [-0.4, -0.2) is 56.0 Å². The number of rotatable bonds is 2. The molecule has 0 N–H and O–H groups in total. The molecule has 0 spiro atoms. The Kier molecular flexibility index (Phi) is 4.62. The van der Waals surface area contributed by atoms with Gasteiger partial charge in [-0.2, -0.15) is 0 Å². The van der Waals surface area contributed by atoms with Gasteiger partial charge in [0, 0.05) is 28.4 Å². The van der Waals surface area contributed by atoms with E-state index in [1.165, 1.54) is 27.4 Å². The summed E-state index contributed by atoms with van der Waals surface area (Å²) < 4.78 is 2.40. The van der Waals surface area contributed by atoms with Crippen molar-refractivity contribution in [2.75, 3.05) is 0 Å². The number of aromatic nitrogens is 1. The van der Waals surface area contributed by atoms with E-state index in [0.29, 0.717) is 0 Å². The third kappa shape index (κ3) is 2.74. The summed E-state index contributed by atoms with van der Waals surface area (Å²) in [4.78, 5) is 0. The molecular formula is C19H16KN. The summed E-state index contributed by atoms with van der Waals surface area (Å²) in [6.45, 7) is 0.912. The van der Waals surface area contributed by atoms with Gasteiger partial charge in [0.2, 0.25) is 0 Å². The van der Waals surface area contributed by atoms with Crippen LogP contribution in [0.5, 0.6) is 0 Å². The van der Waals surface area contributed by atoms with Crippen LogP contribution < -0.4 is 0 Å². The number of hydrogen-bond acceptors (Lipinski definition) is 0. The monoisotopic (exact) mass is 297 g/mol. The van der Waals surface area contributed by atoms with Gasteiger partial charge < -0.3 is 4.57 Å². The minimum absolute atomic E-state index is 0. The second kappa shape index (κ2) is 6.47. The average molecular weight is 297 g/mol. The molecule has 0 amide bonds. The van der Waals surface area contributed by atoms with Gasteiger partial charge in [-0.05, 0) is 17.7 Å². The van der Waals surface area contributed by atoms with Crippen LogP contribution in [0.2, 0.25) is 0 Å². The Bertz CT molecular complexity index is 825. The molecule has 1 nitrogen and oxygen atoms in total. The van der Waals surface area contributed by atoms with Crippen LogP contribution in [0.15, 0.2) is 78.9 Å². The first-order valence-corrected chi connectivity index (χ1v) is 6.93. The van der Waals surface area contributed by atoms with E-state index in [2.05, 4.69) is 83.4 Å². The quantitative estimate of drug-likeness (QED) is 0.489. The van der Waals surface area contributed by atoms with E-state index in [1.54, 1.807) is 0 Å². The maximum atomic E-state index is 2.40. The van der Waals surface area contributed by atoms with E-state index in [0.717, 1.165) is 6.54 Å². The van der Waals surface area contributed by atoms with E-state index in [9.17, 15) is 0 Å². The maximum Gasteiger partial charge on any atom is 0.0494 e. The summed E-state index contributed by atoms with van der Waals surface area (Å²) in [6.07, 6.45) is 0. The number of benzene rings is 3. The molecule has 0 aliphatic rings. The average Bonchev–Trinajstić information content (AvgIpc) is 2.84. The van der Waals surface area contributed by atoms with Crippen molar-refractivity contribution < 1.29 is 0 Å². The van der Waals surface area contributed by atoms with E-state index < -0.39 is 0 Å². The first-order chi connectivity index (χ1) is 9.93. The van der Waals surface area contributed by atoms with Crippen molar-refractivity contribution in [1.82, 2.24) is 4.57 Å². The predicted octanol–water partition coefficient (Wildman–Crippen LogP) is 4.19.